The number of carbonyl (C=O) groups excluding carboxylic acids is 1. The van der Waals surface area contributed by atoms with E-state index in [2.05, 4.69) is 5.32 Å². The normalized spacial score (nSPS) is 9.76. The predicted molar refractivity (Wildman–Crippen MR) is 81.5 cm³/mol. The number of para-hydroxylation sites is 1. The number of ether oxygens (including phenoxy) is 1. The van der Waals surface area contributed by atoms with Gasteiger partial charge in [0.2, 0.25) is 5.91 Å². The average Bonchev–Trinajstić information content (AvgIpc) is 2.49. The molecule has 0 radical (unpaired) electrons. The fourth-order valence-corrected chi connectivity index (χ4v) is 2.08. The number of nitriles is 1. The molecule has 0 spiro atoms. The van der Waals surface area contributed by atoms with Crippen molar-refractivity contribution < 1.29 is 9.53 Å². The van der Waals surface area contributed by atoms with Crippen LogP contribution in [-0.2, 0) is 11.2 Å². The van der Waals surface area contributed by atoms with Crippen LogP contribution in [0.1, 0.15) is 11.1 Å². The Morgan fingerprint density at radius 2 is 2.10 bits per heavy atom. The number of rotatable bonds is 4. The number of benzene rings is 2. The van der Waals surface area contributed by atoms with E-state index in [0.717, 1.165) is 5.56 Å². The Morgan fingerprint density at radius 1 is 1.33 bits per heavy atom. The highest BCUT2D eigenvalue weighted by Crippen LogP contribution is 2.21. The van der Waals surface area contributed by atoms with Crippen molar-refractivity contribution in [2.24, 2.45) is 0 Å². The molecule has 1 amide bonds. The van der Waals surface area contributed by atoms with E-state index in [1.165, 1.54) is 0 Å². The van der Waals surface area contributed by atoms with Crippen LogP contribution in [-0.4, -0.2) is 13.0 Å². The van der Waals surface area contributed by atoms with Crippen LogP contribution in [0.3, 0.4) is 0 Å². The van der Waals surface area contributed by atoms with Gasteiger partial charge in [0.15, 0.2) is 0 Å². The average molecular weight is 301 g/mol. The molecule has 106 valence electrons. The molecule has 4 nitrogen and oxygen atoms in total. The van der Waals surface area contributed by atoms with E-state index in [4.69, 9.17) is 21.6 Å². The minimum Gasteiger partial charge on any atom is -0.496 e. The summed E-state index contributed by atoms with van der Waals surface area (Å²) in [4.78, 5) is 12.1. The number of hydrogen-bond donors (Lipinski definition) is 1. The van der Waals surface area contributed by atoms with Crippen LogP contribution < -0.4 is 10.1 Å². The van der Waals surface area contributed by atoms with Crippen molar-refractivity contribution in [3.8, 4) is 11.8 Å². The minimum atomic E-state index is -0.189. The van der Waals surface area contributed by atoms with Crippen molar-refractivity contribution in [2.75, 3.05) is 12.4 Å². The predicted octanol–water partition coefficient (Wildman–Crippen LogP) is 3.40. The van der Waals surface area contributed by atoms with Gasteiger partial charge in [-0.05, 0) is 24.3 Å². The van der Waals surface area contributed by atoms with E-state index in [-0.39, 0.29) is 12.3 Å². The lowest BCUT2D eigenvalue weighted by atomic mass is 10.1. The topological polar surface area (TPSA) is 62.1 Å². The van der Waals surface area contributed by atoms with Gasteiger partial charge in [0, 0.05) is 11.3 Å². The van der Waals surface area contributed by atoms with Crippen molar-refractivity contribution in [3.63, 3.8) is 0 Å². The van der Waals surface area contributed by atoms with Gasteiger partial charge in [-0.25, -0.2) is 0 Å². The molecule has 0 fully saturated rings. The molecule has 2 aromatic rings. The number of hydrogen-bond acceptors (Lipinski definition) is 3. The first-order valence-electron chi connectivity index (χ1n) is 6.25. The van der Waals surface area contributed by atoms with Crippen molar-refractivity contribution >= 4 is 23.2 Å². The molecule has 1 N–H and O–H groups in total. The molecule has 0 heterocycles. The van der Waals surface area contributed by atoms with Crippen LogP contribution in [0.2, 0.25) is 5.02 Å². The Labute approximate surface area is 127 Å². The molecule has 2 aromatic carbocycles. The number of amides is 1. The van der Waals surface area contributed by atoms with Gasteiger partial charge in [-0.15, -0.1) is 0 Å². The number of anilines is 1. The van der Waals surface area contributed by atoms with Crippen molar-refractivity contribution in [2.45, 2.75) is 6.42 Å². The molecule has 0 bridgehead atoms. The Balaban J connectivity index is 2.10. The van der Waals surface area contributed by atoms with Gasteiger partial charge >= 0.3 is 0 Å². The van der Waals surface area contributed by atoms with Crippen molar-refractivity contribution in [1.82, 2.24) is 0 Å². The quantitative estimate of drug-likeness (QED) is 0.941. The molecule has 0 aliphatic carbocycles. The van der Waals surface area contributed by atoms with E-state index in [1.807, 2.05) is 24.3 Å². The lowest BCUT2D eigenvalue weighted by Gasteiger charge is -2.09. The van der Waals surface area contributed by atoms with Gasteiger partial charge in [-0.1, -0.05) is 29.8 Å². The Bertz CT molecular complexity index is 708. The summed E-state index contributed by atoms with van der Waals surface area (Å²) in [7, 11) is 1.56. The smallest absolute Gasteiger partial charge is 0.228 e. The van der Waals surface area contributed by atoms with Crippen molar-refractivity contribution in [1.29, 1.82) is 5.26 Å². The van der Waals surface area contributed by atoms with Gasteiger partial charge in [0.1, 0.15) is 11.8 Å². The molecule has 0 aromatic heterocycles. The Kier molecular flexibility index (Phi) is 4.81. The zero-order chi connectivity index (χ0) is 15.2. The molecular weight excluding hydrogens is 288 g/mol. The molecule has 0 saturated heterocycles. The van der Waals surface area contributed by atoms with Crippen LogP contribution >= 0.6 is 11.6 Å². The van der Waals surface area contributed by atoms with Gasteiger partial charge in [-0.2, -0.15) is 5.26 Å². The third-order valence-corrected chi connectivity index (χ3v) is 3.24. The van der Waals surface area contributed by atoms with E-state index >= 15 is 0 Å². The maximum absolute atomic E-state index is 12.1. The summed E-state index contributed by atoms with van der Waals surface area (Å²) < 4.78 is 5.21. The first-order valence-corrected chi connectivity index (χ1v) is 6.63. The van der Waals surface area contributed by atoms with Crippen LogP contribution in [0.5, 0.6) is 5.75 Å². The third kappa shape index (κ3) is 3.74. The van der Waals surface area contributed by atoms with Gasteiger partial charge in [0.25, 0.3) is 0 Å². The van der Waals surface area contributed by atoms with Crippen LogP contribution in [0, 0.1) is 11.3 Å². The molecule has 0 atom stereocenters. The number of nitrogens with zero attached hydrogens (tertiary/aromatic N) is 1. The first-order chi connectivity index (χ1) is 10.1. The van der Waals surface area contributed by atoms with E-state index < -0.39 is 0 Å². The van der Waals surface area contributed by atoms with E-state index in [9.17, 15) is 4.79 Å². The molecule has 0 aliphatic rings. The van der Waals surface area contributed by atoms with E-state index in [0.29, 0.717) is 22.0 Å². The molecule has 5 heteroatoms. The monoisotopic (exact) mass is 300 g/mol. The fourth-order valence-electron chi connectivity index (χ4n) is 1.92. The molecule has 2 rings (SSSR count). The minimum absolute atomic E-state index is 0.189. The molecule has 21 heavy (non-hydrogen) atoms. The number of carbonyl (C=O) groups is 1. The number of methoxy groups -OCH3 is 1. The molecular formula is C16H13ClN2O2. The zero-order valence-corrected chi connectivity index (χ0v) is 12.1. The summed E-state index contributed by atoms with van der Waals surface area (Å²) in [6.45, 7) is 0. The summed E-state index contributed by atoms with van der Waals surface area (Å²) in [5, 5.41) is 12.0. The maximum atomic E-state index is 12.1. The standard InChI is InChI=1S/C16H13ClN2O2/c1-21-15-5-3-2-4-11(15)9-16(20)19-13-6-7-14(17)12(8-13)10-18/h2-8H,9H2,1H3,(H,19,20). The highest BCUT2D eigenvalue weighted by Gasteiger charge is 2.09. The molecule has 0 saturated carbocycles. The van der Waals surface area contributed by atoms with Crippen LogP contribution in [0.25, 0.3) is 0 Å². The lowest BCUT2D eigenvalue weighted by molar-refractivity contribution is -0.115. The Hall–Kier alpha value is -2.51. The fraction of sp³-hybridized carbons (Fsp3) is 0.125. The molecule has 0 aliphatic heterocycles. The second-order valence-electron chi connectivity index (χ2n) is 4.34. The van der Waals surface area contributed by atoms with E-state index in [1.54, 1.807) is 31.4 Å². The second-order valence-corrected chi connectivity index (χ2v) is 4.75. The van der Waals surface area contributed by atoms with Crippen LogP contribution in [0.15, 0.2) is 42.5 Å². The van der Waals surface area contributed by atoms with Gasteiger partial charge in [-0.3, -0.25) is 4.79 Å². The number of halogens is 1. The Morgan fingerprint density at radius 3 is 2.81 bits per heavy atom. The van der Waals surface area contributed by atoms with Gasteiger partial charge < -0.3 is 10.1 Å². The largest absolute Gasteiger partial charge is 0.496 e. The molecule has 0 unspecified atom stereocenters. The van der Waals surface area contributed by atoms with Gasteiger partial charge in [0.05, 0.1) is 24.1 Å². The summed E-state index contributed by atoms with van der Waals surface area (Å²) in [5.74, 6) is 0.479. The summed E-state index contributed by atoms with van der Waals surface area (Å²) in [6.07, 6.45) is 0.189. The zero-order valence-electron chi connectivity index (χ0n) is 11.4. The summed E-state index contributed by atoms with van der Waals surface area (Å²) in [5.41, 5.74) is 1.66. The van der Waals surface area contributed by atoms with Crippen LogP contribution in [0.4, 0.5) is 5.69 Å². The highest BCUT2D eigenvalue weighted by atomic mass is 35.5. The SMILES string of the molecule is COc1ccccc1CC(=O)Nc1ccc(Cl)c(C#N)c1. The summed E-state index contributed by atoms with van der Waals surface area (Å²) in [6, 6.07) is 14.1. The number of nitrogens with one attached hydrogen (secondary N) is 1. The summed E-state index contributed by atoms with van der Waals surface area (Å²) >= 11 is 5.85. The maximum Gasteiger partial charge on any atom is 0.228 e. The highest BCUT2D eigenvalue weighted by molar-refractivity contribution is 6.31. The first kappa shape index (κ1) is 14.9. The van der Waals surface area contributed by atoms with Crippen molar-refractivity contribution in [3.05, 3.63) is 58.6 Å². The third-order valence-electron chi connectivity index (χ3n) is 2.91. The lowest BCUT2D eigenvalue weighted by Crippen LogP contribution is -2.15. The second kappa shape index (κ2) is 6.78.